The number of hydrogen-bond donors (Lipinski definition) is 1. The normalized spacial score (nSPS) is 13.2. The molecule has 0 amide bonds. The number of likely N-dealkylation sites (N-methyl/N-ethyl adjacent to an activating group) is 1. The molecule has 25 heavy (non-hydrogen) atoms. The maximum Gasteiger partial charge on any atom is 0.241 e. The van der Waals surface area contributed by atoms with Gasteiger partial charge in [0.05, 0.1) is 26.0 Å². The van der Waals surface area contributed by atoms with Gasteiger partial charge in [0, 0.05) is 6.54 Å². The number of hydrogen-bond acceptors (Lipinski definition) is 3. The molecular weight excluding hydrogens is 410 g/mol. The number of sulfonamides is 1. The van der Waals surface area contributed by atoms with Crippen molar-refractivity contribution >= 4 is 44.8 Å². The van der Waals surface area contributed by atoms with Crippen LogP contribution in [0.1, 0.15) is 11.6 Å². The highest BCUT2D eigenvalue weighted by atomic mass is 35.5. The largest absolute Gasteiger partial charge is 0.307 e. The van der Waals surface area contributed by atoms with Crippen LogP contribution < -0.4 is 4.72 Å². The Kier molecular flexibility index (Phi) is 6.70. The summed E-state index contributed by atoms with van der Waals surface area (Å²) in [7, 11) is -0.354. The molecule has 9 heteroatoms. The highest BCUT2D eigenvalue weighted by Crippen LogP contribution is 2.27. The monoisotopic (exact) mass is 424 g/mol. The van der Waals surface area contributed by atoms with E-state index in [1.54, 1.807) is 32.3 Å². The first-order chi connectivity index (χ1) is 11.6. The number of nitrogens with zero attached hydrogens (tertiary/aromatic N) is 1. The van der Waals surface area contributed by atoms with Gasteiger partial charge < -0.3 is 4.90 Å². The van der Waals surface area contributed by atoms with Crippen LogP contribution in [-0.4, -0.2) is 34.0 Å². The third kappa shape index (κ3) is 5.29. The molecule has 0 aromatic heterocycles. The van der Waals surface area contributed by atoms with Gasteiger partial charge in [-0.1, -0.05) is 40.9 Å². The van der Waals surface area contributed by atoms with Crippen molar-refractivity contribution in [2.24, 2.45) is 0 Å². The highest BCUT2D eigenvalue weighted by molar-refractivity contribution is 7.89. The molecule has 0 saturated heterocycles. The van der Waals surface area contributed by atoms with E-state index >= 15 is 0 Å². The van der Waals surface area contributed by atoms with Gasteiger partial charge in [-0.2, -0.15) is 0 Å². The van der Waals surface area contributed by atoms with Gasteiger partial charge in [0.2, 0.25) is 10.0 Å². The van der Waals surface area contributed by atoms with E-state index in [1.807, 2.05) is 4.90 Å². The van der Waals surface area contributed by atoms with Gasteiger partial charge in [-0.15, -0.1) is 0 Å². The van der Waals surface area contributed by atoms with E-state index in [0.717, 1.165) is 6.07 Å². The van der Waals surface area contributed by atoms with Gasteiger partial charge in [-0.3, -0.25) is 0 Å². The fourth-order valence-corrected chi connectivity index (χ4v) is 3.86. The van der Waals surface area contributed by atoms with Crippen molar-refractivity contribution in [3.8, 4) is 0 Å². The number of rotatable bonds is 6. The van der Waals surface area contributed by atoms with E-state index in [0.29, 0.717) is 22.2 Å². The molecule has 0 bridgehead atoms. The Morgan fingerprint density at radius 1 is 1.04 bits per heavy atom. The molecule has 2 aromatic rings. The summed E-state index contributed by atoms with van der Waals surface area (Å²) in [6.45, 7) is 0.368. The first-order valence-electron chi connectivity index (χ1n) is 7.17. The first kappa shape index (κ1) is 20.4. The second-order valence-electron chi connectivity index (χ2n) is 5.69. The zero-order chi connectivity index (χ0) is 18.8. The minimum atomic E-state index is -3.97. The molecule has 1 N–H and O–H groups in total. The molecule has 2 aromatic carbocycles. The van der Waals surface area contributed by atoms with Gasteiger partial charge in [0.1, 0.15) is 5.82 Å². The molecule has 0 fully saturated rings. The minimum Gasteiger partial charge on any atom is -0.307 e. The van der Waals surface area contributed by atoms with Crippen LogP contribution in [0.25, 0.3) is 0 Å². The predicted molar refractivity (Wildman–Crippen MR) is 99.5 cm³/mol. The summed E-state index contributed by atoms with van der Waals surface area (Å²) in [6, 6.07) is 7.61. The Morgan fingerprint density at radius 2 is 1.68 bits per heavy atom. The van der Waals surface area contributed by atoms with Gasteiger partial charge in [-0.05, 0) is 50.0 Å². The Labute approximate surface area is 161 Å². The molecular formula is C16H16Cl3FN2O2S. The summed E-state index contributed by atoms with van der Waals surface area (Å²) in [6.07, 6.45) is 0. The summed E-state index contributed by atoms with van der Waals surface area (Å²) in [4.78, 5) is 1.61. The molecule has 0 unspecified atom stereocenters. The van der Waals surface area contributed by atoms with Crippen molar-refractivity contribution < 1.29 is 12.8 Å². The van der Waals surface area contributed by atoms with Crippen molar-refractivity contribution in [3.63, 3.8) is 0 Å². The van der Waals surface area contributed by atoms with E-state index < -0.39 is 21.9 Å². The molecule has 2 rings (SSSR count). The second kappa shape index (κ2) is 8.20. The van der Waals surface area contributed by atoms with Crippen LogP contribution in [0.3, 0.4) is 0 Å². The Morgan fingerprint density at radius 3 is 2.24 bits per heavy atom. The van der Waals surface area contributed by atoms with Crippen molar-refractivity contribution in [2.45, 2.75) is 10.9 Å². The molecule has 136 valence electrons. The van der Waals surface area contributed by atoms with Crippen LogP contribution in [0.15, 0.2) is 41.3 Å². The lowest BCUT2D eigenvalue weighted by atomic mass is 10.1. The molecule has 0 spiro atoms. The standard InChI is InChI=1S/C16H16Cl3FN2O2S/c1-22(2)9-16(10-3-5-12(17)14(19)7-10)21-25(23,24)11-4-6-13(18)15(20)8-11/h3-8,16,21H,9H2,1-2H3/t16-/m1/s1. The summed E-state index contributed by atoms with van der Waals surface area (Å²) in [5.74, 6) is -0.803. The van der Waals surface area contributed by atoms with Crippen molar-refractivity contribution in [3.05, 3.63) is 62.8 Å². The van der Waals surface area contributed by atoms with Crippen molar-refractivity contribution in [1.82, 2.24) is 9.62 Å². The summed E-state index contributed by atoms with van der Waals surface area (Å²) in [5, 5.41) is 0.546. The van der Waals surface area contributed by atoms with Crippen LogP contribution in [-0.2, 0) is 10.0 Å². The molecule has 0 saturated carbocycles. The van der Waals surface area contributed by atoms with Crippen molar-refractivity contribution in [1.29, 1.82) is 0 Å². The average molecular weight is 426 g/mol. The number of halogens is 4. The first-order valence-corrected chi connectivity index (χ1v) is 9.79. The van der Waals surface area contributed by atoms with Crippen LogP contribution >= 0.6 is 34.8 Å². The second-order valence-corrected chi connectivity index (χ2v) is 8.62. The SMILES string of the molecule is CN(C)C[C@@H](NS(=O)(=O)c1ccc(Cl)c(F)c1)c1ccc(Cl)c(Cl)c1. The minimum absolute atomic E-state index is 0.145. The molecule has 0 radical (unpaired) electrons. The summed E-state index contributed by atoms with van der Waals surface area (Å²) >= 11 is 17.6. The molecule has 0 heterocycles. The van der Waals surface area contributed by atoms with E-state index in [4.69, 9.17) is 34.8 Å². The maximum atomic E-state index is 13.6. The molecule has 1 atom stereocenters. The van der Waals surface area contributed by atoms with Crippen LogP contribution in [0, 0.1) is 5.82 Å². The summed E-state index contributed by atoms with van der Waals surface area (Å²) < 4.78 is 41.4. The van der Waals surface area contributed by atoms with E-state index in [9.17, 15) is 12.8 Å². The lowest BCUT2D eigenvalue weighted by Gasteiger charge is -2.23. The van der Waals surface area contributed by atoms with Crippen LogP contribution in [0.2, 0.25) is 15.1 Å². The Balaban J connectivity index is 2.38. The van der Waals surface area contributed by atoms with Crippen LogP contribution in [0.5, 0.6) is 0 Å². The highest BCUT2D eigenvalue weighted by Gasteiger charge is 2.23. The average Bonchev–Trinajstić information content (AvgIpc) is 2.51. The summed E-state index contributed by atoms with van der Waals surface area (Å²) in [5.41, 5.74) is 0.640. The van der Waals surface area contributed by atoms with Crippen molar-refractivity contribution in [2.75, 3.05) is 20.6 Å². The molecule has 0 aliphatic rings. The predicted octanol–water partition coefficient (Wildman–Crippen LogP) is 4.37. The van der Waals surface area contributed by atoms with Gasteiger partial charge in [0.25, 0.3) is 0 Å². The third-order valence-corrected chi connectivity index (χ3v) is 5.91. The quantitative estimate of drug-likeness (QED) is 0.748. The van der Waals surface area contributed by atoms with Crippen LogP contribution in [0.4, 0.5) is 4.39 Å². The topological polar surface area (TPSA) is 49.4 Å². The lowest BCUT2D eigenvalue weighted by Crippen LogP contribution is -2.35. The number of benzene rings is 2. The van der Waals surface area contributed by atoms with E-state index in [1.165, 1.54) is 12.1 Å². The van der Waals surface area contributed by atoms with E-state index in [-0.39, 0.29) is 9.92 Å². The molecule has 0 aliphatic heterocycles. The molecule has 4 nitrogen and oxygen atoms in total. The lowest BCUT2D eigenvalue weighted by molar-refractivity contribution is 0.363. The smallest absolute Gasteiger partial charge is 0.241 e. The Hall–Kier alpha value is -0.890. The zero-order valence-corrected chi connectivity index (χ0v) is 16.5. The Bertz CT molecular complexity index is 876. The van der Waals surface area contributed by atoms with Gasteiger partial charge in [0.15, 0.2) is 0 Å². The third-order valence-electron chi connectivity index (χ3n) is 3.39. The van der Waals surface area contributed by atoms with Gasteiger partial charge in [-0.25, -0.2) is 17.5 Å². The fourth-order valence-electron chi connectivity index (χ4n) is 2.20. The number of nitrogens with one attached hydrogen (secondary N) is 1. The molecule has 0 aliphatic carbocycles. The van der Waals surface area contributed by atoms with Gasteiger partial charge >= 0.3 is 0 Å². The zero-order valence-electron chi connectivity index (χ0n) is 13.4. The van der Waals surface area contributed by atoms with E-state index in [2.05, 4.69) is 4.72 Å². The fraction of sp³-hybridized carbons (Fsp3) is 0.250. The maximum absolute atomic E-state index is 13.6.